The molecule has 1 fully saturated rings. The maximum absolute atomic E-state index is 12.3. The summed E-state index contributed by atoms with van der Waals surface area (Å²) in [6.07, 6.45) is 9.42. The van der Waals surface area contributed by atoms with Crippen LogP contribution in [0, 0.1) is 0 Å². The molecule has 0 aliphatic heterocycles. The number of aromatic nitrogens is 1. The highest BCUT2D eigenvalue weighted by atomic mass is 16.1. The van der Waals surface area contributed by atoms with Crippen molar-refractivity contribution in [2.45, 2.75) is 65.0 Å². The van der Waals surface area contributed by atoms with E-state index in [2.05, 4.69) is 43.4 Å². The van der Waals surface area contributed by atoms with Crippen molar-refractivity contribution in [2.24, 2.45) is 0 Å². The molecule has 1 aromatic heterocycles. The summed E-state index contributed by atoms with van der Waals surface area (Å²) in [5.74, 6) is 0.0750. The number of hydrogen-bond acceptors (Lipinski definition) is 3. The van der Waals surface area contributed by atoms with Crippen LogP contribution in [0.3, 0.4) is 0 Å². The summed E-state index contributed by atoms with van der Waals surface area (Å²) in [7, 11) is 4.14. The van der Waals surface area contributed by atoms with E-state index in [0.29, 0.717) is 6.04 Å². The number of nitrogens with one attached hydrogen (secondary N) is 1. The molecule has 1 N–H and O–H groups in total. The molecule has 1 aliphatic rings. The van der Waals surface area contributed by atoms with Crippen molar-refractivity contribution in [2.75, 3.05) is 19.4 Å². The van der Waals surface area contributed by atoms with E-state index in [1.165, 1.54) is 48.6 Å². The first kappa shape index (κ1) is 18.0. The van der Waals surface area contributed by atoms with Crippen LogP contribution < -0.4 is 5.32 Å². The third kappa shape index (κ3) is 3.90. The van der Waals surface area contributed by atoms with Crippen LogP contribution >= 0.6 is 0 Å². The third-order valence-corrected chi connectivity index (χ3v) is 5.24. The third-order valence-electron chi connectivity index (χ3n) is 5.24. The van der Waals surface area contributed by atoms with Gasteiger partial charge in [0.1, 0.15) is 0 Å². The van der Waals surface area contributed by atoms with Gasteiger partial charge in [-0.25, -0.2) is 0 Å². The molecule has 0 spiro atoms. The van der Waals surface area contributed by atoms with Crippen molar-refractivity contribution in [1.29, 1.82) is 0 Å². The van der Waals surface area contributed by atoms with E-state index in [4.69, 9.17) is 0 Å². The zero-order chi connectivity index (χ0) is 18.0. The van der Waals surface area contributed by atoms with Gasteiger partial charge in [0.25, 0.3) is 0 Å². The van der Waals surface area contributed by atoms with Crippen LogP contribution in [-0.4, -0.2) is 35.5 Å². The second-order valence-electron chi connectivity index (χ2n) is 7.65. The first-order valence-corrected chi connectivity index (χ1v) is 9.58. The SMILES string of the molecule is CCc1cc(NC2CCCCC2)c2c(c1)c(CN(C)C)cn2C(C)=O. The first-order chi connectivity index (χ1) is 12.0. The lowest BCUT2D eigenvalue weighted by Crippen LogP contribution is -2.23. The van der Waals surface area contributed by atoms with E-state index in [-0.39, 0.29) is 5.91 Å². The number of carbonyl (C=O) groups excluding carboxylic acids is 1. The fraction of sp³-hybridized carbons (Fsp3) is 0.571. The predicted molar refractivity (Wildman–Crippen MR) is 106 cm³/mol. The second-order valence-corrected chi connectivity index (χ2v) is 7.65. The standard InChI is InChI=1S/C21H31N3O/c1-5-16-11-19-17(13-23(3)4)14-24(15(2)25)21(19)20(12-16)22-18-9-7-6-8-10-18/h11-12,14,18,22H,5-10,13H2,1-4H3. The molecule has 1 heterocycles. The van der Waals surface area contributed by atoms with Crippen LogP contribution in [0.25, 0.3) is 10.9 Å². The summed E-state index contributed by atoms with van der Waals surface area (Å²) < 4.78 is 1.83. The molecule has 3 rings (SSSR count). The average molecular weight is 341 g/mol. The van der Waals surface area contributed by atoms with Crippen LogP contribution in [0.4, 0.5) is 5.69 Å². The molecule has 136 valence electrons. The minimum absolute atomic E-state index is 0.0750. The zero-order valence-corrected chi connectivity index (χ0v) is 16.1. The van der Waals surface area contributed by atoms with Gasteiger partial charge in [0, 0.05) is 31.1 Å². The molecule has 0 radical (unpaired) electrons. The monoisotopic (exact) mass is 341 g/mol. The van der Waals surface area contributed by atoms with Crippen molar-refractivity contribution >= 4 is 22.5 Å². The maximum Gasteiger partial charge on any atom is 0.228 e. The minimum Gasteiger partial charge on any atom is -0.381 e. The summed E-state index contributed by atoms with van der Waals surface area (Å²) in [5, 5.41) is 4.98. The van der Waals surface area contributed by atoms with Crippen molar-refractivity contribution < 1.29 is 4.79 Å². The summed E-state index contributed by atoms with van der Waals surface area (Å²) >= 11 is 0. The van der Waals surface area contributed by atoms with Gasteiger partial charge in [-0.3, -0.25) is 9.36 Å². The fourth-order valence-corrected chi connectivity index (χ4v) is 3.98. The molecule has 1 aromatic carbocycles. The highest BCUT2D eigenvalue weighted by molar-refractivity contribution is 6.01. The quantitative estimate of drug-likeness (QED) is 0.859. The molecule has 2 aromatic rings. The molecule has 0 amide bonds. The Morgan fingerprint density at radius 1 is 1.24 bits per heavy atom. The molecule has 4 heteroatoms. The number of rotatable bonds is 5. The van der Waals surface area contributed by atoms with Crippen LogP contribution in [0.5, 0.6) is 0 Å². The lowest BCUT2D eigenvalue weighted by atomic mass is 9.95. The average Bonchev–Trinajstić information content (AvgIpc) is 2.94. The Bertz CT molecular complexity index is 754. The van der Waals surface area contributed by atoms with Crippen molar-refractivity contribution in [1.82, 2.24) is 9.47 Å². The lowest BCUT2D eigenvalue weighted by molar-refractivity contribution is 0.0941. The number of nitrogens with zero attached hydrogens (tertiary/aromatic N) is 2. The summed E-state index contributed by atoms with van der Waals surface area (Å²) in [5.41, 5.74) is 4.72. The van der Waals surface area contributed by atoms with E-state index >= 15 is 0 Å². The van der Waals surface area contributed by atoms with Crippen LogP contribution in [-0.2, 0) is 13.0 Å². The number of hydrogen-bond donors (Lipinski definition) is 1. The normalized spacial score (nSPS) is 15.9. The predicted octanol–water partition coefficient (Wildman–Crippen LogP) is 4.67. The van der Waals surface area contributed by atoms with E-state index in [9.17, 15) is 4.79 Å². The van der Waals surface area contributed by atoms with Crippen LogP contribution in [0.15, 0.2) is 18.3 Å². The zero-order valence-electron chi connectivity index (χ0n) is 16.1. The maximum atomic E-state index is 12.3. The summed E-state index contributed by atoms with van der Waals surface area (Å²) in [4.78, 5) is 14.4. The molecule has 0 unspecified atom stereocenters. The molecule has 0 atom stereocenters. The van der Waals surface area contributed by atoms with Gasteiger partial charge in [-0.2, -0.15) is 0 Å². The topological polar surface area (TPSA) is 37.3 Å². The van der Waals surface area contributed by atoms with Gasteiger partial charge < -0.3 is 10.2 Å². The molecule has 25 heavy (non-hydrogen) atoms. The van der Waals surface area contributed by atoms with E-state index < -0.39 is 0 Å². The highest BCUT2D eigenvalue weighted by Crippen LogP contribution is 2.33. The Morgan fingerprint density at radius 2 is 1.96 bits per heavy atom. The van der Waals surface area contributed by atoms with Gasteiger partial charge in [-0.05, 0) is 56.6 Å². The Labute approximate surface area is 151 Å². The van der Waals surface area contributed by atoms with Crippen LogP contribution in [0.2, 0.25) is 0 Å². The Morgan fingerprint density at radius 3 is 2.56 bits per heavy atom. The van der Waals surface area contributed by atoms with Crippen molar-refractivity contribution in [3.63, 3.8) is 0 Å². The second kappa shape index (κ2) is 7.61. The van der Waals surface area contributed by atoms with E-state index in [1.807, 2.05) is 10.8 Å². The highest BCUT2D eigenvalue weighted by Gasteiger charge is 2.19. The van der Waals surface area contributed by atoms with Gasteiger partial charge in [-0.15, -0.1) is 0 Å². The largest absolute Gasteiger partial charge is 0.381 e. The van der Waals surface area contributed by atoms with Crippen LogP contribution in [0.1, 0.15) is 61.9 Å². The Hall–Kier alpha value is -1.81. The molecule has 0 saturated heterocycles. The van der Waals surface area contributed by atoms with Gasteiger partial charge in [0.15, 0.2) is 0 Å². The van der Waals surface area contributed by atoms with Gasteiger partial charge >= 0.3 is 0 Å². The molecular weight excluding hydrogens is 310 g/mol. The van der Waals surface area contributed by atoms with Gasteiger partial charge in [0.05, 0.1) is 11.2 Å². The number of fused-ring (bicyclic) bond motifs is 1. The number of anilines is 1. The number of carbonyl (C=O) groups is 1. The Kier molecular flexibility index (Phi) is 5.48. The van der Waals surface area contributed by atoms with Gasteiger partial charge in [0.2, 0.25) is 5.91 Å². The number of benzene rings is 1. The van der Waals surface area contributed by atoms with Crippen molar-refractivity contribution in [3.8, 4) is 0 Å². The first-order valence-electron chi connectivity index (χ1n) is 9.58. The molecule has 1 saturated carbocycles. The van der Waals surface area contributed by atoms with E-state index in [0.717, 1.165) is 24.2 Å². The lowest BCUT2D eigenvalue weighted by Gasteiger charge is -2.25. The molecule has 0 bridgehead atoms. The smallest absolute Gasteiger partial charge is 0.228 e. The van der Waals surface area contributed by atoms with Crippen molar-refractivity contribution in [3.05, 3.63) is 29.5 Å². The van der Waals surface area contributed by atoms with E-state index in [1.54, 1.807) is 6.92 Å². The fourth-order valence-electron chi connectivity index (χ4n) is 3.98. The molecule has 1 aliphatic carbocycles. The Balaban J connectivity index is 2.12. The summed E-state index contributed by atoms with van der Waals surface area (Å²) in [6, 6.07) is 5.03. The molecule has 4 nitrogen and oxygen atoms in total. The van der Waals surface area contributed by atoms with Gasteiger partial charge in [-0.1, -0.05) is 26.2 Å². The minimum atomic E-state index is 0.0750. The summed E-state index contributed by atoms with van der Waals surface area (Å²) in [6.45, 7) is 4.68. The molecular formula is C21H31N3O. The number of aryl methyl sites for hydroxylation is 1.